The van der Waals surface area contributed by atoms with E-state index in [9.17, 15) is 0 Å². The molecule has 1 aromatic rings. The fourth-order valence-corrected chi connectivity index (χ4v) is 2.40. The number of hydrogen-bond acceptors (Lipinski definition) is 5. The van der Waals surface area contributed by atoms with Gasteiger partial charge in [-0.1, -0.05) is 0 Å². The number of ether oxygens (including phenoxy) is 1. The SMILES string of the molecule is CCOCCN(C)c1nc(C)c(CNC)s1. The molecule has 0 saturated carbocycles. The Bertz CT molecular complexity index is 314. The monoisotopic (exact) mass is 243 g/mol. The Morgan fingerprint density at radius 3 is 2.88 bits per heavy atom. The lowest BCUT2D eigenvalue weighted by Gasteiger charge is -2.14. The number of aromatic nitrogens is 1. The molecule has 0 amide bonds. The summed E-state index contributed by atoms with van der Waals surface area (Å²) in [6.45, 7) is 7.38. The Labute approximate surface area is 102 Å². The van der Waals surface area contributed by atoms with E-state index in [1.54, 1.807) is 11.3 Å². The van der Waals surface area contributed by atoms with Gasteiger partial charge in [-0.3, -0.25) is 0 Å². The summed E-state index contributed by atoms with van der Waals surface area (Å²) >= 11 is 1.75. The smallest absolute Gasteiger partial charge is 0.185 e. The summed E-state index contributed by atoms with van der Waals surface area (Å²) in [7, 11) is 4.01. The molecule has 0 atom stereocenters. The van der Waals surface area contributed by atoms with Crippen molar-refractivity contribution in [3.05, 3.63) is 10.6 Å². The molecule has 0 unspecified atom stereocenters. The van der Waals surface area contributed by atoms with Crippen LogP contribution >= 0.6 is 11.3 Å². The summed E-state index contributed by atoms with van der Waals surface area (Å²) < 4.78 is 5.33. The highest BCUT2D eigenvalue weighted by Crippen LogP contribution is 2.24. The number of aryl methyl sites for hydroxylation is 1. The van der Waals surface area contributed by atoms with Gasteiger partial charge in [0.2, 0.25) is 0 Å². The molecule has 0 spiro atoms. The molecule has 0 aliphatic heterocycles. The summed E-state index contributed by atoms with van der Waals surface area (Å²) in [4.78, 5) is 8.01. The van der Waals surface area contributed by atoms with Gasteiger partial charge in [-0.2, -0.15) is 0 Å². The molecule has 5 heteroatoms. The third kappa shape index (κ3) is 3.73. The fraction of sp³-hybridized carbons (Fsp3) is 0.727. The van der Waals surface area contributed by atoms with E-state index in [2.05, 4.69) is 29.2 Å². The van der Waals surface area contributed by atoms with Gasteiger partial charge in [-0.25, -0.2) is 4.98 Å². The average molecular weight is 243 g/mol. The van der Waals surface area contributed by atoms with Crippen molar-refractivity contribution in [3.63, 3.8) is 0 Å². The van der Waals surface area contributed by atoms with Crippen LogP contribution in [-0.2, 0) is 11.3 Å². The Kier molecular flexibility index (Phi) is 5.73. The lowest BCUT2D eigenvalue weighted by atomic mass is 10.4. The number of rotatable bonds is 7. The lowest BCUT2D eigenvalue weighted by Crippen LogP contribution is -2.22. The molecule has 1 rings (SSSR count). The predicted molar refractivity (Wildman–Crippen MR) is 69.4 cm³/mol. The minimum Gasteiger partial charge on any atom is -0.380 e. The molecular formula is C11H21N3OS. The number of hydrogen-bond donors (Lipinski definition) is 1. The number of likely N-dealkylation sites (N-methyl/N-ethyl adjacent to an activating group) is 1. The van der Waals surface area contributed by atoms with Gasteiger partial charge < -0.3 is 15.0 Å². The number of nitrogens with zero attached hydrogens (tertiary/aromatic N) is 2. The average Bonchev–Trinajstić information content (AvgIpc) is 2.61. The zero-order valence-corrected chi connectivity index (χ0v) is 11.4. The maximum atomic E-state index is 5.33. The van der Waals surface area contributed by atoms with Crippen molar-refractivity contribution in [2.75, 3.05) is 38.8 Å². The third-order valence-electron chi connectivity index (χ3n) is 2.32. The van der Waals surface area contributed by atoms with Crippen LogP contribution in [0.5, 0.6) is 0 Å². The first-order valence-corrected chi connectivity index (χ1v) is 6.40. The lowest BCUT2D eigenvalue weighted by molar-refractivity contribution is 0.154. The summed E-state index contributed by atoms with van der Waals surface area (Å²) in [5, 5.41) is 4.23. The summed E-state index contributed by atoms with van der Waals surface area (Å²) in [5.41, 5.74) is 1.12. The largest absolute Gasteiger partial charge is 0.380 e. The Balaban J connectivity index is 2.54. The predicted octanol–water partition coefficient (Wildman–Crippen LogP) is 1.64. The summed E-state index contributed by atoms with van der Waals surface area (Å²) in [6.07, 6.45) is 0. The van der Waals surface area contributed by atoms with E-state index in [-0.39, 0.29) is 0 Å². The van der Waals surface area contributed by atoms with Crippen molar-refractivity contribution >= 4 is 16.5 Å². The van der Waals surface area contributed by atoms with Gasteiger partial charge in [-0.15, -0.1) is 11.3 Å². The van der Waals surface area contributed by atoms with Crippen molar-refractivity contribution in [1.82, 2.24) is 10.3 Å². The highest BCUT2D eigenvalue weighted by molar-refractivity contribution is 7.15. The molecule has 0 aliphatic carbocycles. The molecule has 0 fully saturated rings. The Morgan fingerprint density at radius 1 is 1.50 bits per heavy atom. The zero-order valence-electron chi connectivity index (χ0n) is 10.5. The minimum absolute atomic E-state index is 0.757. The van der Waals surface area contributed by atoms with Gasteiger partial charge in [0.15, 0.2) is 5.13 Å². The van der Waals surface area contributed by atoms with Crippen molar-refractivity contribution in [2.24, 2.45) is 0 Å². The van der Waals surface area contributed by atoms with Crippen LogP contribution in [0.2, 0.25) is 0 Å². The van der Waals surface area contributed by atoms with Crippen LogP contribution in [0.4, 0.5) is 5.13 Å². The maximum Gasteiger partial charge on any atom is 0.185 e. The van der Waals surface area contributed by atoms with Crippen molar-refractivity contribution in [3.8, 4) is 0 Å². The number of nitrogens with one attached hydrogen (secondary N) is 1. The minimum atomic E-state index is 0.757. The molecule has 1 N–H and O–H groups in total. The fourth-order valence-electron chi connectivity index (χ4n) is 1.34. The van der Waals surface area contributed by atoms with Crippen LogP contribution in [-0.4, -0.2) is 38.8 Å². The van der Waals surface area contributed by atoms with Gasteiger partial charge in [0, 0.05) is 31.6 Å². The van der Waals surface area contributed by atoms with Gasteiger partial charge in [0.1, 0.15) is 0 Å². The quantitative estimate of drug-likeness (QED) is 0.739. The van der Waals surface area contributed by atoms with Gasteiger partial charge in [0.25, 0.3) is 0 Å². The molecule has 16 heavy (non-hydrogen) atoms. The molecule has 0 aliphatic rings. The van der Waals surface area contributed by atoms with E-state index in [0.29, 0.717) is 0 Å². The van der Waals surface area contributed by atoms with Gasteiger partial charge in [0.05, 0.1) is 12.3 Å². The molecule has 0 bridgehead atoms. The van der Waals surface area contributed by atoms with Gasteiger partial charge >= 0.3 is 0 Å². The zero-order chi connectivity index (χ0) is 12.0. The molecule has 0 aromatic carbocycles. The standard InChI is InChI=1S/C11H21N3OS/c1-5-15-7-6-14(4)11-13-9(2)10(16-11)8-12-3/h12H,5-8H2,1-4H3. The number of thiazole rings is 1. The van der Waals surface area contributed by atoms with E-state index >= 15 is 0 Å². The Morgan fingerprint density at radius 2 is 2.25 bits per heavy atom. The van der Waals surface area contributed by atoms with Crippen LogP contribution < -0.4 is 10.2 Å². The number of anilines is 1. The summed E-state index contributed by atoms with van der Waals surface area (Å²) in [6, 6.07) is 0. The van der Waals surface area contributed by atoms with Crippen LogP contribution in [0.1, 0.15) is 17.5 Å². The molecule has 0 radical (unpaired) electrons. The highest BCUT2D eigenvalue weighted by Gasteiger charge is 2.10. The van der Waals surface area contributed by atoms with E-state index < -0.39 is 0 Å². The van der Waals surface area contributed by atoms with Crippen molar-refractivity contribution in [1.29, 1.82) is 0 Å². The molecule has 0 saturated heterocycles. The van der Waals surface area contributed by atoms with Crippen molar-refractivity contribution < 1.29 is 4.74 Å². The van der Waals surface area contributed by atoms with Gasteiger partial charge in [-0.05, 0) is 20.9 Å². The molecular weight excluding hydrogens is 222 g/mol. The second kappa shape index (κ2) is 6.83. The van der Waals surface area contributed by atoms with E-state index in [4.69, 9.17) is 4.74 Å². The molecule has 1 heterocycles. The second-order valence-electron chi connectivity index (χ2n) is 3.65. The Hall–Kier alpha value is -0.650. The van der Waals surface area contributed by atoms with E-state index in [1.165, 1.54) is 4.88 Å². The van der Waals surface area contributed by atoms with Crippen LogP contribution in [0.25, 0.3) is 0 Å². The first-order valence-electron chi connectivity index (χ1n) is 5.58. The summed E-state index contributed by atoms with van der Waals surface area (Å²) in [5.74, 6) is 0. The van der Waals surface area contributed by atoms with Crippen molar-refractivity contribution in [2.45, 2.75) is 20.4 Å². The van der Waals surface area contributed by atoms with E-state index in [1.807, 2.05) is 14.0 Å². The second-order valence-corrected chi connectivity index (χ2v) is 4.72. The van der Waals surface area contributed by atoms with E-state index in [0.717, 1.165) is 37.1 Å². The van der Waals surface area contributed by atoms with Crippen LogP contribution in [0, 0.1) is 6.92 Å². The molecule has 1 aromatic heterocycles. The first-order chi connectivity index (χ1) is 7.69. The maximum absolute atomic E-state index is 5.33. The molecule has 4 nitrogen and oxygen atoms in total. The van der Waals surface area contributed by atoms with Crippen LogP contribution in [0.15, 0.2) is 0 Å². The topological polar surface area (TPSA) is 37.4 Å². The first kappa shape index (κ1) is 13.4. The van der Waals surface area contributed by atoms with Crippen LogP contribution in [0.3, 0.4) is 0 Å². The molecule has 92 valence electrons. The normalized spacial score (nSPS) is 10.8. The third-order valence-corrected chi connectivity index (χ3v) is 3.59. The highest BCUT2D eigenvalue weighted by atomic mass is 32.1.